The first-order valence-electron chi connectivity index (χ1n) is 5.56. The molecule has 96 valence electrons. The van der Waals surface area contributed by atoms with Crippen LogP contribution in [0.3, 0.4) is 0 Å². The highest BCUT2D eigenvalue weighted by molar-refractivity contribution is 6.45. The first kappa shape index (κ1) is 12.6. The lowest BCUT2D eigenvalue weighted by Crippen LogP contribution is -2.22. The van der Waals surface area contributed by atoms with Gasteiger partial charge >= 0.3 is 0 Å². The van der Waals surface area contributed by atoms with E-state index in [0.717, 1.165) is 27.8 Å². The maximum absolute atomic E-state index is 8.78. The number of benzene rings is 1. The third-order valence-electron chi connectivity index (χ3n) is 2.93. The van der Waals surface area contributed by atoms with E-state index in [-0.39, 0.29) is 11.5 Å². The Bertz CT molecular complexity index is 717. The van der Waals surface area contributed by atoms with E-state index in [0.29, 0.717) is 0 Å². The molecule has 0 aliphatic carbocycles. The number of anilines is 1. The second kappa shape index (κ2) is 4.78. The van der Waals surface area contributed by atoms with Gasteiger partial charge in [-0.2, -0.15) is 10.4 Å². The maximum Gasteiger partial charge on any atom is 0.201 e. The van der Waals surface area contributed by atoms with Crippen LogP contribution >= 0.6 is 0 Å². The Labute approximate surface area is 109 Å². The van der Waals surface area contributed by atoms with Crippen LogP contribution in [0.5, 0.6) is 0 Å². The number of nitrogens with two attached hydrogens (primary N) is 1. The number of H-pyrrole nitrogens is 1. The summed E-state index contributed by atoms with van der Waals surface area (Å²) in [5, 5.41) is 19.8. The fourth-order valence-electron chi connectivity index (χ4n) is 1.72. The van der Waals surface area contributed by atoms with Gasteiger partial charge in [0.1, 0.15) is 6.07 Å². The van der Waals surface area contributed by atoms with E-state index in [2.05, 4.69) is 20.5 Å². The van der Waals surface area contributed by atoms with Crippen molar-refractivity contribution in [3.63, 3.8) is 0 Å². The third kappa shape index (κ3) is 2.24. The van der Waals surface area contributed by atoms with Crippen LogP contribution in [0.2, 0.25) is 0 Å². The number of aryl methyl sites for hydroxylation is 1. The zero-order chi connectivity index (χ0) is 14.0. The van der Waals surface area contributed by atoms with Gasteiger partial charge in [0.25, 0.3) is 0 Å². The minimum absolute atomic E-state index is 0.151. The number of amidine groups is 1. The first-order valence-corrected chi connectivity index (χ1v) is 5.56. The summed E-state index contributed by atoms with van der Waals surface area (Å²) in [5.74, 6) is -0.369. The molecule has 0 amide bonds. The normalized spacial score (nSPS) is 11.3. The number of rotatable bonds is 3. The summed E-state index contributed by atoms with van der Waals surface area (Å²) < 4.78 is 0. The number of nitrogens with zero attached hydrogens (tertiary/aromatic N) is 3. The van der Waals surface area contributed by atoms with E-state index < -0.39 is 0 Å². The fraction of sp³-hybridized carbons (Fsp3) is 0.167. The number of aromatic amines is 1. The molecule has 7 nitrogen and oxygen atoms in total. The quantitative estimate of drug-likeness (QED) is 0.375. The summed E-state index contributed by atoms with van der Waals surface area (Å²) in [5.41, 5.74) is 12.4. The SMILES string of the molecule is Cc1c(N/N=C(\C#N)C(=N)N)cc2[nH]cnc2c1C. The molecule has 0 unspecified atom stereocenters. The van der Waals surface area contributed by atoms with Gasteiger partial charge in [0, 0.05) is 0 Å². The van der Waals surface area contributed by atoms with Gasteiger partial charge in [-0.25, -0.2) is 4.98 Å². The van der Waals surface area contributed by atoms with Gasteiger partial charge in [0.05, 0.1) is 23.0 Å². The number of imidazole rings is 1. The van der Waals surface area contributed by atoms with Crippen LogP contribution in [0.1, 0.15) is 11.1 Å². The third-order valence-corrected chi connectivity index (χ3v) is 2.93. The smallest absolute Gasteiger partial charge is 0.201 e. The van der Waals surface area contributed by atoms with Crippen LogP contribution in [0, 0.1) is 30.6 Å². The summed E-state index contributed by atoms with van der Waals surface area (Å²) in [7, 11) is 0. The highest BCUT2D eigenvalue weighted by Crippen LogP contribution is 2.26. The average molecular weight is 255 g/mol. The number of nitriles is 1. The molecule has 0 radical (unpaired) electrons. The van der Waals surface area contributed by atoms with Gasteiger partial charge in [-0.15, -0.1) is 0 Å². The molecule has 1 aromatic heterocycles. The van der Waals surface area contributed by atoms with Crippen molar-refractivity contribution in [1.29, 1.82) is 10.7 Å². The molecule has 0 bridgehead atoms. The number of hydrogen-bond donors (Lipinski definition) is 4. The standard InChI is InChI=1S/C12H13N7/c1-6-7(2)11-9(16-5-17-11)3-8(6)18-19-10(4-13)12(14)15/h3,5,18H,1-2H3,(H3,14,15)(H,16,17)/b19-10+. The van der Waals surface area contributed by atoms with E-state index in [4.69, 9.17) is 16.4 Å². The Morgan fingerprint density at radius 1 is 1.53 bits per heavy atom. The second-order valence-corrected chi connectivity index (χ2v) is 4.07. The molecule has 0 aliphatic rings. The minimum atomic E-state index is -0.369. The zero-order valence-electron chi connectivity index (χ0n) is 10.6. The number of aromatic nitrogens is 2. The maximum atomic E-state index is 8.78. The van der Waals surface area contributed by atoms with Crippen LogP contribution in [0.15, 0.2) is 17.5 Å². The number of fused-ring (bicyclic) bond motifs is 1. The highest BCUT2D eigenvalue weighted by Gasteiger charge is 2.09. The molecule has 7 heteroatoms. The van der Waals surface area contributed by atoms with Crippen LogP contribution < -0.4 is 11.2 Å². The van der Waals surface area contributed by atoms with Crippen LogP contribution in [0.25, 0.3) is 11.0 Å². The number of hydrogen-bond acceptors (Lipinski definition) is 5. The van der Waals surface area contributed by atoms with E-state index in [9.17, 15) is 0 Å². The topological polar surface area (TPSA) is 127 Å². The predicted octanol–water partition coefficient (Wildman–Crippen LogP) is 1.41. The molecule has 1 aromatic carbocycles. The molecule has 0 atom stereocenters. The Hall–Kier alpha value is -2.88. The van der Waals surface area contributed by atoms with Crippen molar-refractivity contribution in [2.45, 2.75) is 13.8 Å². The predicted molar refractivity (Wildman–Crippen MR) is 74.2 cm³/mol. The number of nitrogens with one attached hydrogen (secondary N) is 3. The zero-order valence-corrected chi connectivity index (χ0v) is 10.6. The van der Waals surface area contributed by atoms with Gasteiger partial charge in [0.15, 0.2) is 5.84 Å². The van der Waals surface area contributed by atoms with Crippen molar-refractivity contribution >= 4 is 28.3 Å². The Balaban J connectivity index is 2.44. The molecule has 0 fully saturated rings. The molecule has 0 saturated heterocycles. The lowest BCUT2D eigenvalue weighted by Gasteiger charge is -2.09. The summed E-state index contributed by atoms with van der Waals surface area (Å²) >= 11 is 0. The molecule has 0 spiro atoms. The van der Waals surface area contributed by atoms with Gasteiger partial charge in [0.2, 0.25) is 5.71 Å². The molecular weight excluding hydrogens is 242 g/mol. The van der Waals surface area contributed by atoms with E-state index >= 15 is 0 Å². The van der Waals surface area contributed by atoms with Crippen molar-refractivity contribution in [2.75, 3.05) is 5.43 Å². The summed E-state index contributed by atoms with van der Waals surface area (Å²) in [6.45, 7) is 3.89. The largest absolute Gasteiger partial charge is 0.382 e. The van der Waals surface area contributed by atoms with Gasteiger partial charge < -0.3 is 10.7 Å². The van der Waals surface area contributed by atoms with Crippen LogP contribution in [-0.2, 0) is 0 Å². The summed E-state index contributed by atoms with van der Waals surface area (Å²) in [6.07, 6.45) is 1.63. The number of hydrazone groups is 1. The molecule has 5 N–H and O–H groups in total. The van der Waals surface area contributed by atoms with E-state index in [1.807, 2.05) is 19.9 Å². The van der Waals surface area contributed by atoms with Crippen molar-refractivity contribution in [3.8, 4) is 6.07 Å². The van der Waals surface area contributed by atoms with Gasteiger partial charge in [-0.05, 0) is 31.0 Å². The van der Waals surface area contributed by atoms with Crippen molar-refractivity contribution in [3.05, 3.63) is 23.5 Å². The Morgan fingerprint density at radius 2 is 2.26 bits per heavy atom. The Kier molecular flexibility index (Phi) is 3.16. The lowest BCUT2D eigenvalue weighted by molar-refractivity contribution is 1.27. The Morgan fingerprint density at radius 3 is 2.89 bits per heavy atom. The van der Waals surface area contributed by atoms with Crippen molar-refractivity contribution < 1.29 is 0 Å². The molecule has 2 rings (SSSR count). The highest BCUT2D eigenvalue weighted by atomic mass is 15.3. The molecular formula is C12H13N7. The first-order chi connectivity index (χ1) is 9.04. The van der Waals surface area contributed by atoms with Crippen molar-refractivity contribution in [1.82, 2.24) is 9.97 Å². The average Bonchev–Trinajstić information content (AvgIpc) is 2.83. The van der Waals surface area contributed by atoms with E-state index in [1.54, 1.807) is 12.4 Å². The van der Waals surface area contributed by atoms with Crippen LogP contribution in [-0.4, -0.2) is 21.5 Å². The van der Waals surface area contributed by atoms with Gasteiger partial charge in [-0.1, -0.05) is 0 Å². The molecule has 0 aliphatic heterocycles. The molecule has 1 heterocycles. The molecule has 19 heavy (non-hydrogen) atoms. The summed E-state index contributed by atoms with van der Waals surface area (Å²) in [4.78, 5) is 7.26. The van der Waals surface area contributed by atoms with E-state index in [1.165, 1.54) is 0 Å². The summed E-state index contributed by atoms with van der Waals surface area (Å²) in [6, 6.07) is 3.61. The monoisotopic (exact) mass is 255 g/mol. The fourth-order valence-corrected chi connectivity index (χ4v) is 1.72. The lowest BCUT2D eigenvalue weighted by atomic mass is 10.1. The van der Waals surface area contributed by atoms with Gasteiger partial charge in [-0.3, -0.25) is 10.8 Å². The minimum Gasteiger partial charge on any atom is -0.382 e. The van der Waals surface area contributed by atoms with Crippen LogP contribution in [0.4, 0.5) is 5.69 Å². The molecule has 0 saturated carbocycles. The second-order valence-electron chi connectivity index (χ2n) is 4.07. The van der Waals surface area contributed by atoms with Crippen molar-refractivity contribution in [2.24, 2.45) is 10.8 Å². The molecule has 2 aromatic rings.